The zero-order chi connectivity index (χ0) is 16.3. The van der Waals surface area contributed by atoms with Crippen LogP contribution >= 0.6 is 0 Å². The number of carbonyl (C=O) groups excluding carboxylic acids is 1. The lowest BCUT2D eigenvalue weighted by atomic mass is 10.1. The Hall–Kier alpha value is -1.31. The van der Waals surface area contributed by atoms with Gasteiger partial charge in [0.1, 0.15) is 0 Å². The molecule has 0 radical (unpaired) electrons. The van der Waals surface area contributed by atoms with Gasteiger partial charge in [0.2, 0.25) is 5.91 Å². The molecule has 0 spiro atoms. The first kappa shape index (κ1) is 20.7. The van der Waals surface area contributed by atoms with Gasteiger partial charge in [-0.2, -0.15) is 0 Å². The van der Waals surface area contributed by atoms with Crippen LogP contribution in [0.5, 0.6) is 0 Å². The van der Waals surface area contributed by atoms with E-state index in [1.807, 2.05) is 0 Å². The van der Waals surface area contributed by atoms with Crippen molar-refractivity contribution < 1.29 is 4.79 Å². The molecule has 1 amide bonds. The fourth-order valence-electron chi connectivity index (χ4n) is 2.28. The molecule has 2 nitrogen and oxygen atoms in total. The van der Waals surface area contributed by atoms with Crippen molar-refractivity contribution in [3.63, 3.8) is 0 Å². The van der Waals surface area contributed by atoms with Gasteiger partial charge in [0.05, 0.1) is 0 Å². The molecule has 0 aliphatic carbocycles. The smallest absolute Gasteiger partial charge is 0.223 e. The molecule has 2 heteroatoms. The Labute approximate surface area is 137 Å². The van der Waals surface area contributed by atoms with Crippen LogP contribution in [0.1, 0.15) is 84.0 Å². The van der Waals surface area contributed by atoms with Crippen LogP contribution in [-0.4, -0.2) is 5.91 Å². The minimum atomic E-state index is 0.0840. The van der Waals surface area contributed by atoms with Gasteiger partial charge in [-0.25, -0.2) is 0 Å². The van der Waals surface area contributed by atoms with Gasteiger partial charge in [0.25, 0.3) is 0 Å². The van der Waals surface area contributed by atoms with Crippen LogP contribution in [-0.2, 0) is 4.79 Å². The first-order valence-corrected chi connectivity index (χ1v) is 9.01. The summed E-state index contributed by atoms with van der Waals surface area (Å²) in [4.78, 5) is 11.2. The molecule has 0 heterocycles. The van der Waals surface area contributed by atoms with E-state index in [0.717, 1.165) is 19.3 Å². The second-order valence-electron chi connectivity index (χ2n) is 5.75. The van der Waals surface area contributed by atoms with Crippen molar-refractivity contribution >= 4 is 5.91 Å². The summed E-state index contributed by atoms with van der Waals surface area (Å²) in [6, 6.07) is 0. The van der Waals surface area contributed by atoms with Gasteiger partial charge in [0, 0.05) is 6.42 Å². The third-order valence-electron chi connectivity index (χ3n) is 3.62. The zero-order valence-corrected chi connectivity index (χ0v) is 14.5. The van der Waals surface area contributed by atoms with E-state index in [2.05, 4.69) is 43.1 Å². The second kappa shape index (κ2) is 17.7. The number of rotatable bonds is 15. The first-order chi connectivity index (χ1) is 10.8. The average molecular weight is 306 g/mol. The summed E-state index contributed by atoms with van der Waals surface area (Å²) < 4.78 is 0. The van der Waals surface area contributed by atoms with Crippen LogP contribution in [0.15, 0.2) is 37.1 Å². The quantitative estimate of drug-likeness (QED) is 0.289. The topological polar surface area (TPSA) is 29.1 Å². The highest BCUT2D eigenvalue weighted by molar-refractivity contribution is 5.76. The van der Waals surface area contributed by atoms with Crippen molar-refractivity contribution in [1.82, 2.24) is 5.32 Å². The van der Waals surface area contributed by atoms with E-state index >= 15 is 0 Å². The highest BCUT2D eigenvalue weighted by Crippen LogP contribution is 2.08. The summed E-state index contributed by atoms with van der Waals surface area (Å²) >= 11 is 0. The minimum absolute atomic E-state index is 0.0840. The maximum Gasteiger partial charge on any atom is 0.223 e. The van der Waals surface area contributed by atoms with Gasteiger partial charge in [-0.3, -0.25) is 4.79 Å². The zero-order valence-electron chi connectivity index (χ0n) is 14.5. The molecule has 0 bridgehead atoms. The van der Waals surface area contributed by atoms with Gasteiger partial charge in [-0.05, 0) is 44.7 Å². The fraction of sp³-hybridized carbons (Fsp3) is 0.650. The molecule has 0 fully saturated rings. The van der Waals surface area contributed by atoms with Crippen LogP contribution in [0, 0.1) is 0 Å². The molecule has 0 saturated carbocycles. The molecule has 0 unspecified atom stereocenters. The normalized spacial score (nSPS) is 11.3. The molecular formula is C20H35NO. The van der Waals surface area contributed by atoms with E-state index in [1.165, 1.54) is 57.6 Å². The van der Waals surface area contributed by atoms with Crippen molar-refractivity contribution in [2.75, 3.05) is 0 Å². The van der Waals surface area contributed by atoms with Crippen LogP contribution in [0.25, 0.3) is 0 Å². The molecule has 0 aromatic carbocycles. The van der Waals surface area contributed by atoms with Crippen molar-refractivity contribution in [2.45, 2.75) is 84.0 Å². The SMILES string of the molecule is C=CNC(=O)CCCCCCCC=CCC=CCCCCC. The molecule has 0 atom stereocenters. The monoisotopic (exact) mass is 305 g/mol. The number of nitrogens with one attached hydrogen (secondary N) is 1. The van der Waals surface area contributed by atoms with Gasteiger partial charge < -0.3 is 5.32 Å². The van der Waals surface area contributed by atoms with Crippen molar-refractivity contribution in [3.05, 3.63) is 37.1 Å². The van der Waals surface area contributed by atoms with Gasteiger partial charge in [-0.1, -0.05) is 69.9 Å². The average Bonchev–Trinajstić information content (AvgIpc) is 2.51. The Morgan fingerprint density at radius 1 is 0.864 bits per heavy atom. The molecule has 0 aromatic rings. The highest BCUT2D eigenvalue weighted by Gasteiger charge is 1.97. The van der Waals surface area contributed by atoms with Crippen LogP contribution in [0.3, 0.4) is 0 Å². The Balaban J connectivity index is 3.23. The number of amides is 1. The highest BCUT2D eigenvalue weighted by atomic mass is 16.1. The summed E-state index contributed by atoms with van der Waals surface area (Å²) in [5.74, 6) is 0.0840. The summed E-state index contributed by atoms with van der Waals surface area (Å²) in [5, 5.41) is 2.61. The number of hydrogen-bond acceptors (Lipinski definition) is 1. The predicted molar refractivity (Wildman–Crippen MR) is 97.7 cm³/mol. The number of carbonyl (C=O) groups is 1. The lowest BCUT2D eigenvalue weighted by Gasteiger charge is -2.00. The third-order valence-corrected chi connectivity index (χ3v) is 3.62. The van der Waals surface area contributed by atoms with Crippen LogP contribution < -0.4 is 5.32 Å². The van der Waals surface area contributed by atoms with Gasteiger partial charge in [0.15, 0.2) is 0 Å². The predicted octanol–water partition coefficient (Wildman–Crippen LogP) is 6.06. The fourth-order valence-corrected chi connectivity index (χ4v) is 2.28. The minimum Gasteiger partial charge on any atom is -0.333 e. The molecule has 0 aliphatic rings. The van der Waals surface area contributed by atoms with Crippen LogP contribution in [0.4, 0.5) is 0 Å². The van der Waals surface area contributed by atoms with E-state index in [0.29, 0.717) is 6.42 Å². The van der Waals surface area contributed by atoms with E-state index in [4.69, 9.17) is 0 Å². The molecule has 0 aromatic heterocycles. The largest absolute Gasteiger partial charge is 0.333 e. The summed E-state index contributed by atoms with van der Waals surface area (Å²) in [7, 11) is 0. The third kappa shape index (κ3) is 16.7. The maximum absolute atomic E-state index is 11.2. The van der Waals surface area contributed by atoms with Crippen LogP contribution in [0.2, 0.25) is 0 Å². The maximum atomic E-state index is 11.2. The Morgan fingerprint density at radius 3 is 2.09 bits per heavy atom. The molecule has 0 aliphatic heterocycles. The van der Waals surface area contributed by atoms with Gasteiger partial charge >= 0.3 is 0 Å². The molecule has 0 saturated heterocycles. The molecule has 1 N–H and O–H groups in total. The van der Waals surface area contributed by atoms with Gasteiger partial charge in [-0.15, -0.1) is 0 Å². The van der Waals surface area contributed by atoms with Crippen molar-refractivity contribution in [1.29, 1.82) is 0 Å². The Morgan fingerprint density at radius 2 is 1.45 bits per heavy atom. The molecule has 22 heavy (non-hydrogen) atoms. The Kier molecular flexibility index (Phi) is 16.7. The van der Waals surface area contributed by atoms with Crippen molar-refractivity contribution in [3.8, 4) is 0 Å². The molecule has 126 valence electrons. The summed E-state index contributed by atoms with van der Waals surface area (Å²) in [6.07, 6.45) is 24.6. The second-order valence-corrected chi connectivity index (χ2v) is 5.75. The lowest BCUT2D eigenvalue weighted by molar-refractivity contribution is -0.120. The number of allylic oxidation sites excluding steroid dienone is 4. The molecule has 0 rings (SSSR count). The molecular weight excluding hydrogens is 270 g/mol. The standard InChI is InChI=1S/C20H35NO/c1-3-5-6-7-8-9-10-11-12-13-14-15-16-17-18-19-20(22)21-4-2/h4,8-9,11-12H,2-3,5-7,10,13-19H2,1H3,(H,21,22). The summed E-state index contributed by atoms with van der Waals surface area (Å²) in [6.45, 7) is 5.72. The lowest BCUT2D eigenvalue weighted by Crippen LogP contribution is -2.15. The van der Waals surface area contributed by atoms with E-state index < -0.39 is 0 Å². The number of hydrogen-bond donors (Lipinski definition) is 1. The first-order valence-electron chi connectivity index (χ1n) is 9.01. The number of unbranched alkanes of at least 4 members (excludes halogenated alkanes) is 8. The van der Waals surface area contributed by atoms with E-state index in [9.17, 15) is 4.79 Å². The van der Waals surface area contributed by atoms with E-state index in [-0.39, 0.29) is 5.91 Å². The summed E-state index contributed by atoms with van der Waals surface area (Å²) in [5.41, 5.74) is 0. The van der Waals surface area contributed by atoms with Crippen molar-refractivity contribution in [2.24, 2.45) is 0 Å². The van der Waals surface area contributed by atoms with E-state index in [1.54, 1.807) is 0 Å². The Bertz CT molecular complexity index is 318.